The molecule has 0 saturated carbocycles. The lowest BCUT2D eigenvalue weighted by Crippen LogP contribution is -2.00. The Morgan fingerprint density at radius 1 is 1.14 bits per heavy atom. The summed E-state index contributed by atoms with van der Waals surface area (Å²) in [6.45, 7) is 1.93. The molecule has 0 N–H and O–H groups in total. The van der Waals surface area contributed by atoms with Crippen molar-refractivity contribution >= 4 is 55.9 Å². The average molecular weight is 384 g/mol. The van der Waals surface area contributed by atoms with Gasteiger partial charge in [0.1, 0.15) is 5.58 Å². The van der Waals surface area contributed by atoms with Crippen LogP contribution in [0.4, 0.5) is 0 Å². The molecule has 106 valence electrons. The van der Waals surface area contributed by atoms with E-state index < -0.39 is 0 Å². The van der Waals surface area contributed by atoms with Crippen LogP contribution in [0.5, 0.6) is 0 Å². The van der Waals surface area contributed by atoms with Crippen molar-refractivity contribution < 1.29 is 9.21 Å². The molecule has 0 aliphatic heterocycles. The van der Waals surface area contributed by atoms with Gasteiger partial charge in [-0.15, -0.1) is 0 Å². The van der Waals surface area contributed by atoms with E-state index in [1.54, 1.807) is 24.3 Å². The van der Waals surface area contributed by atoms with Gasteiger partial charge in [-0.1, -0.05) is 39.1 Å². The van der Waals surface area contributed by atoms with Crippen molar-refractivity contribution in [3.63, 3.8) is 0 Å². The Morgan fingerprint density at radius 2 is 1.90 bits per heavy atom. The molecule has 0 bridgehead atoms. The Bertz CT molecular complexity index is 868. The monoisotopic (exact) mass is 382 g/mol. The summed E-state index contributed by atoms with van der Waals surface area (Å²) >= 11 is 15.4. The summed E-state index contributed by atoms with van der Waals surface area (Å²) in [7, 11) is 0. The highest BCUT2D eigenvalue weighted by Crippen LogP contribution is 2.30. The minimum atomic E-state index is -0.283. The summed E-state index contributed by atoms with van der Waals surface area (Å²) in [5, 5.41) is 1.67. The fraction of sp³-hybridized carbons (Fsp3) is 0.0625. The van der Waals surface area contributed by atoms with Gasteiger partial charge in [-0.05, 0) is 48.9 Å². The molecule has 0 unspecified atom stereocenters. The summed E-state index contributed by atoms with van der Waals surface area (Å²) in [6, 6.07) is 10.3. The minimum Gasteiger partial charge on any atom is -0.452 e. The first kappa shape index (κ1) is 14.6. The van der Waals surface area contributed by atoms with Crippen molar-refractivity contribution in [2.24, 2.45) is 0 Å². The van der Waals surface area contributed by atoms with E-state index in [1.165, 1.54) is 0 Å². The molecule has 0 fully saturated rings. The minimum absolute atomic E-state index is 0.246. The van der Waals surface area contributed by atoms with Crippen LogP contribution in [0.15, 0.2) is 45.3 Å². The van der Waals surface area contributed by atoms with Gasteiger partial charge in [-0.3, -0.25) is 4.79 Å². The average Bonchev–Trinajstić information content (AvgIpc) is 2.85. The molecule has 1 aromatic heterocycles. The van der Waals surface area contributed by atoms with Gasteiger partial charge in [-0.25, -0.2) is 0 Å². The number of ketones is 1. The number of carbonyl (C=O) groups is 1. The lowest BCUT2D eigenvalue weighted by atomic mass is 10.1. The van der Waals surface area contributed by atoms with Crippen LogP contribution < -0.4 is 0 Å². The van der Waals surface area contributed by atoms with Gasteiger partial charge in [0.2, 0.25) is 5.78 Å². The van der Waals surface area contributed by atoms with E-state index in [1.807, 2.05) is 19.1 Å². The second-order valence-corrected chi connectivity index (χ2v) is 6.46. The van der Waals surface area contributed by atoms with Gasteiger partial charge < -0.3 is 4.42 Å². The quantitative estimate of drug-likeness (QED) is 0.505. The van der Waals surface area contributed by atoms with Crippen LogP contribution >= 0.6 is 39.1 Å². The standard InChI is InChI=1S/C16H9BrCl2O2/c1-8-4-10(17)5-9-6-14(21-16(8)9)15(20)12-7-11(18)2-3-13(12)19/h2-7H,1H3. The van der Waals surface area contributed by atoms with Crippen molar-refractivity contribution in [2.45, 2.75) is 6.92 Å². The zero-order valence-electron chi connectivity index (χ0n) is 10.9. The van der Waals surface area contributed by atoms with E-state index in [4.69, 9.17) is 27.6 Å². The van der Waals surface area contributed by atoms with Crippen molar-refractivity contribution in [1.82, 2.24) is 0 Å². The van der Waals surface area contributed by atoms with E-state index in [0.717, 1.165) is 15.4 Å². The molecule has 3 aromatic rings. The summed E-state index contributed by atoms with van der Waals surface area (Å²) in [4.78, 5) is 12.5. The molecule has 0 spiro atoms. The van der Waals surface area contributed by atoms with Crippen molar-refractivity contribution in [1.29, 1.82) is 0 Å². The van der Waals surface area contributed by atoms with Crippen LogP contribution in [0.2, 0.25) is 10.0 Å². The molecule has 2 aromatic carbocycles. The SMILES string of the molecule is Cc1cc(Br)cc2cc(C(=O)c3cc(Cl)ccc3Cl)oc12. The zero-order chi connectivity index (χ0) is 15.1. The van der Waals surface area contributed by atoms with E-state index in [9.17, 15) is 4.79 Å². The highest BCUT2D eigenvalue weighted by atomic mass is 79.9. The number of rotatable bonds is 2. The number of aryl methyl sites for hydroxylation is 1. The van der Waals surface area contributed by atoms with Crippen molar-refractivity contribution in [3.05, 3.63) is 67.8 Å². The Kier molecular flexibility index (Phi) is 3.82. The molecule has 21 heavy (non-hydrogen) atoms. The maximum Gasteiger partial charge on any atom is 0.229 e. The molecule has 0 radical (unpaired) electrons. The highest BCUT2D eigenvalue weighted by Gasteiger charge is 2.18. The molecule has 0 aliphatic carbocycles. The Labute approximate surface area is 139 Å². The first-order valence-electron chi connectivity index (χ1n) is 6.15. The van der Waals surface area contributed by atoms with Crippen LogP contribution in [0.3, 0.4) is 0 Å². The largest absolute Gasteiger partial charge is 0.452 e. The van der Waals surface area contributed by atoms with Crippen molar-refractivity contribution in [3.8, 4) is 0 Å². The third-order valence-electron chi connectivity index (χ3n) is 3.16. The number of hydrogen-bond donors (Lipinski definition) is 0. The molecular formula is C16H9BrCl2O2. The maximum atomic E-state index is 12.5. The van der Waals surface area contributed by atoms with E-state index in [2.05, 4.69) is 15.9 Å². The Balaban J connectivity index is 2.14. The number of furan rings is 1. The number of hydrogen-bond acceptors (Lipinski definition) is 2. The summed E-state index contributed by atoms with van der Waals surface area (Å²) in [6.07, 6.45) is 0. The number of benzene rings is 2. The third kappa shape index (κ3) is 2.73. The third-order valence-corrected chi connectivity index (χ3v) is 4.19. The second kappa shape index (κ2) is 5.48. The molecule has 3 rings (SSSR count). The lowest BCUT2D eigenvalue weighted by molar-refractivity contribution is 0.101. The Hall–Kier alpha value is -1.29. The molecule has 1 heterocycles. The topological polar surface area (TPSA) is 30.2 Å². The number of fused-ring (bicyclic) bond motifs is 1. The molecule has 0 atom stereocenters. The van der Waals surface area contributed by atoms with Gasteiger partial charge >= 0.3 is 0 Å². The predicted molar refractivity (Wildman–Crippen MR) is 88.5 cm³/mol. The summed E-state index contributed by atoms with van der Waals surface area (Å²) < 4.78 is 6.63. The predicted octanol–water partition coefficient (Wildman–Crippen LogP) is 6.04. The first-order chi connectivity index (χ1) is 9.95. The van der Waals surface area contributed by atoms with Crippen molar-refractivity contribution in [2.75, 3.05) is 0 Å². The highest BCUT2D eigenvalue weighted by molar-refractivity contribution is 9.10. The zero-order valence-corrected chi connectivity index (χ0v) is 14.0. The lowest BCUT2D eigenvalue weighted by Gasteiger charge is -2.01. The summed E-state index contributed by atoms with van der Waals surface area (Å²) in [5.41, 5.74) is 1.98. The van der Waals surface area contributed by atoms with E-state index >= 15 is 0 Å². The van der Waals surface area contributed by atoms with Gasteiger partial charge in [0.05, 0.1) is 5.02 Å². The van der Waals surface area contributed by atoms with Crippen LogP contribution in [0, 0.1) is 6.92 Å². The molecular weight excluding hydrogens is 375 g/mol. The normalized spacial score (nSPS) is 11.0. The fourth-order valence-electron chi connectivity index (χ4n) is 2.20. The molecule has 2 nitrogen and oxygen atoms in total. The van der Waals surface area contributed by atoms with Crippen LogP contribution in [0.25, 0.3) is 11.0 Å². The van der Waals surface area contributed by atoms with E-state index in [-0.39, 0.29) is 11.5 Å². The number of halogens is 3. The van der Waals surface area contributed by atoms with Gasteiger partial charge in [0.25, 0.3) is 0 Å². The fourth-order valence-corrected chi connectivity index (χ4v) is 3.16. The molecule has 0 amide bonds. The Morgan fingerprint density at radius 3 is 2.67 bits per heavy atom. The summed E-state index contributed by atoms with van der Waals surface area (Å²) in [5.74, 6) is -0.0374. The smallest absolute Gasteiger partial charge is 0.229 e. The van der Waals surface area contributed by atoms with E-state index in [0.29, 0.717) is 21.2 Å². The molecule has 5 heteroatoms. The van der Waals surface area contributed by atoms with Gasteiger partial charge in [-0.2, -0.15) is 0 Å². The first-order valence-corrected chi connectivity index (χ1v) is 7.70. The van der Waals surface area contributed by atoms with Crippen LogP contribution in [-0.2, 0) is 0 Å². The maximum absolute atomic E-state index is 12.5. The molecule has 0 aliphatic rings. The van der Waals surface area contributed by atoms with Crippen LogP contribution in [0.1, 0.15) is 21.7 Å². The van der Waals surface area contributed by atoms with Gasteiger partial charge in [0.15, 0.2) is 5.76 Å². The second-order valence-electron chi connectivity index (χ2n) is 4.70. The van der Waals surface area contributed by atoms with Gasteiger partial charge in [0, 0.05) is 20.4 Å². The van der Waals surface area contributed by atoms with Crippen LogP contribution in [-0.4, -0.2) is 5.78 Å². The molecule has 0 saturated heterocycles. The number of carbonyl (C=O) groups excluding carboxylic acids is 1.